The molecule has 2 aliphatic rings. The van der Waals surface area contributed by atoms with E-state index in [1.54, 1.807) is 30.5 Å². The molecular formula is C26H29ClN4O4S. The number of piperazine rings is 1. The zero-order valence-electron chi connectivity index (χ0n) is 20.1. The summed E-state index contributed by atoms with van der Waals surface area (Å²) < 4.78 is 34.3. The Hall–Kier alpha value is -2.72. The zero-order chi connectivity index (χ0) is 25.3. The number of hydrogen-bond donors (Lipinski definition) is 1. The fourth-order valence-electron chi connectivity index (χ4n) is 5.00. The van der Waals surface area contributed by atoms with E-state index in [4.69, 9.17) is 16.3 Å². The first-order valence-corrected chi connectivity index (χ1v) is 13.9. The second-order valence-corrected chi connectivity index (χ2v) is 11.5. The summed E-state index contributed by atoms with van der Waals surface area (Å²) in [5.41, 5.74) is 1.02. The molecule has 1 amide bonds. The molecule has 0 spiro atoms. The van der Waals surface area contributed by atoms with Gasteiger partial charge < -0.3 is 9.64 Å². The zero-order valence-corrected chi connectivity index (χ0v) is 21.6. The van der Waals surface area contributed by atoms with Gasteiger partial charge in [-0.05, 0) is 49.6 Å². The van der Waals surface area contributed by atoms with Gasteiger partial charge in [0.25, 0.3) is 15.9 Å². The summed E-state index contributed by atoms with van der Waals surface area (Å²) in [7, 11) is -3.92. The Morgan fingerprint density at radius 1 is 1.19 bits per heavy atom. The van der Waals surface area contributed by atoms with E-state index in [0.717, 1.165) is 44.7 Å². The lowest BCUT2D eigenvalue weighted by Gasteiger charge is -2.40. The van der Waals surface area contributed by atoms with Crippen LogP contribution in [0.1, 0.15) is 23.7 Å². The molecule has 36 heavy (non-hydrogen) atoms. The van der Waals surface area contributed by atoms with Crippen molar-refractivity contribution in [2.75, 3.05) is 44.1 Å². The second kappa shape index (κ2) is 10.3. The number of sulfonamides is 1. The number of nitrogens with zero attached hydrogens (tertiary/aromatic N) is 3. The van der Waals surface area contributed by atoms with Gasteiger partial charge in [0.1, 0.15) is 4.90 Å². The topological polar surface area (TPSA) is 91.8 Å². The molecule has 2 aromatic carbocycles. The molecule has 3 heterocycles. The van der Waals surface area contributed by atoms with Crippen LogP contribution in [0.2, 0.25) is 5.02 Å². The van der Waals surface area contributed by atoms with Crippen LogP contribution in [0.4, 0.5) is 5.69 Å². The van der Waals surface area contributed by atoms with Gasteiger partial charge in [-0.1, -0.05) is 29.8 Å². The van der Waals surface area contributed by atoms with Crippen LogP contribution in [0.3, 0.4) is 0 Å². The van der Waals surface area contributed by atoms with Gasteiger partial charge in [-0.2, -0.15) is 0 Å². The van der Waals surface area contributed by atoms with Gasteiger partial charge in [-0.25, -0.2) is 8.42 Å². The molecular weight excluding hydrogens is 500 g/mol. The summed E-state index contributed by atoms with van der Waals surface area (Å²) in [6.45, 7) is 6.92. The largest absolute Gasteiger partial charge is 0.381 e. The first-order chi connectivity index (χ1) is 17.3. The van der Waals surface area contributed by atoms with Crippen LogP contribution in [0.15, 0.2) is 59.6 Å². The molecule has 0 aliphatic carbocycles. The predicted molar refractivity (Wildman–Crippen MR) is 140 cm³/mol. The third kappa shape index (κ3) is 5.20. The number of nitrogens with one attached hydrogen (secondary N) is 1. The van der Waals surface area contributed by atoms with Crippen LogP contribution in [-0.2, 0) is 14.8 Å². The monoisotopic (exact) mass is 528 g/mol. The number of para-hydroxylation sites is 1. The summed E-state index contributed by atoms with van der Waals surface area (Å²) in [4.78, 5) is 21.9. The van der Waals surface area contributed by atoms with E-state index in [1.807, 2.05) is 24.0 Å². The smallest absolute Gasteiger partial charge is 0.264 e. The number of fused-ring (bicyclic) bond motifs is 1. The molecule has 2 unspecified atom stereocenters. The first-order valence-electron chi connectivity index (χ1n) is 12.1. The van der Waals surface area contributed by atoms with Crippen LogP contribution < -0.4 is 4.72 Å². The van der Waals surface area contributed by atoms with Crippen LogP contribution in [0.25, 0.3) is 10.9 Å². The third-order valence-corrected chi connectivity index (χ3v) is 8.58. The minimum Gasteiger partial charge on any atom is -0.381 e. The SMILES string of the molecule is CC1CN(CC2CCOC2)CCN1C(=O)c1ccc(NS(=O)(=O)c2cccc3cccnc23)cc1Cl. The number of anilines is 1. The molecule has 1 N–H and O–H groups in total. The van der Waals surface area contributed by atoms with E-state index in [0.29, 0.717) is 23.5 Å². The summed E-state index contributed by atoms with van der Waals surface area (Å²) >= 11 is 6.48. The average molecular weight is 529 g/mol. The fraction of sp³-hybridized carbons (Fsp3) is 0.385. The molecule has 2 atom stereocenters. The first kappa shape index (κ1) is 25.0. The van der Waals surface area contributed by atoms with E-state index < -0.39 is 10.0 Å². The molecule has 0 radical (unpaired) electrons. The number of rotatable bonds is 6. The molecule has 2 aliphatic heterocycles. The Balaban J connectivity index is 1.28. The van der Waals surface area contributed by atoms with Gasteiger partial charge in [0.05, 0.1) is 28.4 Å². The van der Waals surface area contributed by atoms with E-state index in [2.05, 4.69) is 14.6 Å². The van der Waals surface area contributed by atoms with Crippen LogP contribution in [-0.4, -0.2) is 74.5 Å². The van der Waals surface area contributed by atoms with Crippen molar-refractivity contribution in [3.63, 3.8) is 0 Å². The van der Waals surface area contributed by atoms with Gasteiger partial charge in [0, 0.05) is 50.4 Å². The number of hydrogen-bond acceptors (Lipinski definition) is 6. The highest BCUT2D eigenvalue weighted by atomic mass is 35.5. The van der Waals surface area contributed by atoms with Gasteiger partial charge in [0.2, 0.25) is 0 Å². The Kier molecular flexibility index (Phi) is 7.16. The van der Waals surface area contributed by atoms with Crippen LogP contribution in [0, 0.1) is 5.92 Å². The summed E-state index contributed by atoms with van der Waals surface area (Å²) in [6, 6.07) is 13.2. The molecule has 5 rings (SSSR count). The standard InChI is InChI=1S/C26H29ClN4O4S/c1-18-15-30(16-19-9-13-35-17-19)11-12-31(18)26(32)22-8-7-21(14-23(22)27)29-36(33,34)24-6-2-4-20-5-3-10-28-25(20)24/h2-8,10,14,18-19,29H,9,11-13,15-17H2,1H3. The number of carbonyl (C=O) groups excluding carboxylic acids is 1. The molecule has 1 aromatic heterocycles. The second-order valence-electron chi connectivity index (χ2n) is 9.47. The maximum absolute atomic E-state index is 13.3. The molecule has 2 saturated heterocycles. The highest BCUT2D eigenvalue weighted by molar-refractivity contribution is 7.93. The molecule has 2 fully saturated rings. The number of aromatic nitrogens is 1. The van der Waals surface area contributed by atoms with Crippen molar-refractivity contribution < 1.29 is 17.9 Å². The Morgan fingerprint density at radius 3 is 2.78 bits per heavy atom. The van der Waals surface area contributed by atoms with Gasteiger partial charge in [-0.15, -0.1) is 0 Å². The molecule has 8 nitrogen and oxygen atoms in total. The number of ether oxygens (including phenoxy) is 1. The minimum absolute atomic E-state index is 0.0432. The maximum Gasteiger partial charge on any atom is 0.264 e. The Morgan fingerprint density at radius 2 is 2.03 bits per heavy atom. The number of carbonyl (C=O) groups is 1. The lowest BCUT2D eigenvalue weighted by molar-refractivity contribution is 0.0452. The van der Waals surface area contributed by atoms with Crippen molar-refractivity contribution in [3.8, 4) is 0 Å². The van der Waals surface area contributed by atoms with Crippen LogP contribution in [0.5, 0.6) is 0 Å². The predicted octanol–water partition coefficient (Wildman–Crippen LogP) is 3.87. The lowest BCUT2D eigenvalue weighted by Crippen LogP contribution is -2.54. The Bertz CT molecular complexity index is 1370. The molecule has 3 aromatic rings. The Labute approximate surface area is 216 Å². The summed E-state index contributed by atoms with van der Waals surface area (Å²) in [6.07, 6.45) is 2.65. The van der Waals surface area contributed by atoms with Crippen molar-refractivity contribution in [3.05, 3.63) is 65.3 Å². The van der Waals surface area contributed by atoms with Crippen molar-refractivity contribution in [2.24, 2.45) is 5.92 Å². The van der Waals surface area contributed by atoms with E-state index in [-0.39, 0.29) is 27.6 Å². The third-order valence-electron chi connectivity index (χ3n) is 6.85. The van der Waals surface area contributed by atoms with E-state index in [9.17, 15) is 13.2 Å². The lowest BCUT2D eigenvalue weighted by atomic mass is 10.1. The number of halogens is 1. The fourth-order valence-corrected chi connectivity index (χ4v) is 6.49. The van der Waals surface area contributed by atoms with Crippen LogP contribution >= 0.6 is 11.6 Å². The van der Waals surface area contributed by atoms with E-state index >= 15 is 0 Å². The normalized spacial score (nSPS) is 21.1. The van der Waals surface area contributed by atoms with E-state index in [1.165, 1.54) is 12.1 Å². The van der Waals surface area contributed by atoms with Crippen molar-refractivity contribution >= 4 is 44.1 Å². The summed E-state index contributed by atoms with van der Waals surface area (Å²) in [5, 5.41) is 0.930. The molecule has 0 bridgehead atoms. The van der Waals surface area contributed by atoms with Crippen molar-refractivity contribution in [1.29, 1.82) is 0 Å². The maximum atomic E-state index is 13.3. The van der Waals surface area contributed by atoms with Crippen molar-refractivity contribution in [2.45, 2.75) is 24.3 Å². The quantitative estimate of drug-likeness (QED) is 0.522. The minimum atomic E-state index is -3.92. The van der Waals surface area contributed by atoms with Crippen molar-refractivity contribution in [1.82, 2.24) is 14.8 Å². The number of benzene rings is 2. The highest BCUT2D eigenvalue weighted by Gasteiger charge is 2.31. The van der Waals surface area contributed by atoms with Gasteiger partial charge in [-0.3, -0.25) is 19.4 Å². The molecule has 0 saturated carbocycles. The number of amides is 1. The molecule has 10 heteroatoms. The molecule has 190 valence electrons. The average Bonchev–Trinajstić information content (AvgIpc) is 3.36. The number of pyridine rings is 1. The van der Waals surface area contributed by atoms with Gasteiger partial charge in [0.15, 0.2) is 0 Å². The van der Waals surface area contributed by atoms with Gasteiger partial charge >= 0.3 is 0 Å². The summed E-state index contributed by atoms with van der Waals surface area (Å²) in [5.74, 6) is 0.416. The highest BCUT2D eigenvalue weighted by Crippen LogP contribution is 2.28.